The first kappa shape index (κ1) is 22.7. The largest absolute Gasteiger partial charge is 0.384 e. The number of aromatic nitrogens is 1. The van der Waals surface area contributed by atoms with E-state index < -0.39 is 0 Å². The van der Waals surface area contributed by atoms with Gasteiger partial charge >= 0.3 is 0 Å². The number of aliphatic imine (C=N–C) groups is 1. The minimum absolute atomic E-state index is 0.0497. The summed E-state index contributed by atoms with van der Waals surface area (Å²) in [5, 5.41) is 4.32. The van der Waals surface area contributed by atoms with Gasteiger partial charge in [-0.3, -0.25) is 9.79 Å². The van der Waals surface area contributed by atoms with Crippen molar-refractivity contribution in [1.82, 2.24) is 4.57 Å². The number of halogens is 1. The third-order valence-electron chi connectivity index (χ3n) is 6.93. The summed E-state index contributed by atoms with van der Waals surface area (Å²) in [5.74, 6) is 1.19. The van der Waals surface area contributed by atoms with Gasteiger partial charge in [0.25, 0.3) is 5.56 Å². The Morgan fingerprint density at radius 1 is 1.06 bits per heavy atom. The van der Waals surface area contributed by atoms with E-state index in [0.29, 0.717) is 35.9 Å². The van der Waals surface area contributed by atoms with Crippen LogP contribution in [0.25, 0.3) is 11.1 Å². The van der Waals surface area contributed by atoms with Gasteiger partial charge in [0.05, 0.1) is 13.1 Å². The van der Waals surface area contributed by atoms with E-state index in [-0.39, 0.29) is 5.56 Å². The van der Waals surface area contributed by atoms with Gasteiger partial charge < -0.3 is 21.4 Å². The van der Waals surface area contributed by atoms with Gasteiger partial charge in [0.1, 0.15) is 5.84 Å². The summed E-state index contributed by atoms with van der Waals surface area (Å²) in [6, 6.07) is 15.7. The van der Waals surface area contributed by atoms with Gasteiger partial charge in [-0.1, -0.05) is 23.7 Å². The van der Waals surface area contributed by atoms with Crippen LogP contribution in [0.2, 0.25) is 5.02 Å². The van der Waals surface area contributed by atoms with E-state index >= 15 is 0 Å². The maximum absolute atomic E-state index is 12.6. The topological polar surface area (TPSA) is 98.4 Å². The van der Waals surface area contributed by atoms with E-state index in [2.05, 4.69) is 22.4 Å². The molecule has 0 bridgehead atoms. The molecule has 0 spiro atoms. The molecule has 3 aromatic rings. The van der Waals surface area contributed by atoms with Crippen LogP contribution in [0.5, 0.6) is 0 Å². The number of nitrogens with zero attached hydrogens (tertiary/aromatic N) is 2. The molecule has 5 rings (SSSR count). The molecular weight excluding hydrogens is 446 g/mol. The summed E-state index contributed by atoms with van der Waals surface area (Å²) in [6.45, 7) is 1.93. The van der Waals surface area contributed by atoms with Crippen LogP contribution in [0, 0.1) is 5.92 Å². The first-order valence-electron chi connectivity index (χ1n) is 11.9. The Morgan fingerprint density at radius 2 is 1.88 bits per heavy atom. The molecule has 2 aliphatic rings. The number of fused-ring (bicyclic) bond motifs is 1. The van der Waals surface area contributed by atoms with Crippen LogP contribution in [-0.4, -0.2) is 23.0 Å². The van der Waals surface area contributed by atoms with Gasteiger partial charge in [-0.2, -0.15) is 0 Å². The number of nitrogens with two attached hydrogens (primary N) is 2. The van der Waals surface area contributed by atoms with Crippen molar-refractivity contribution >= 4 is 23.1 Å². The van der Waals surface area contributed by atoms with E-state index in [1.165, 1.54) is 0 Å². The molecule has 0 radical (unpaired) electrons. The van der Waals surface area contributed by atoms with Gasteiger partial charge in [0.2, 0.25) is 0 Å². The standard InChI is InChI=1S/C27H30ClN5O/c28-22-3-1-2-18(10-22)15-33-16-19(6-9-25(33)34)20-11-21-14-32-27(30)26(21)24(12-20)31-13-17-4-7-23(29)8-5-17/h1-3,6,9-12,16-17,23,31H,4-5,7-8,13-15,29H2,(H2,30,32). The molecule has 1 aliphatic carbocycles. The quantitative estimate of drug-likeness (QED) is 0.493. The van der Waals surface area contributed by atoms with Crippen LogP contribution in [0.15, 0.2) is 64.5 Å². The third-order valence-corrected chi connectivity index (χ3v) is 7.16. The Labute approximate surface area is 204 Å². The summed E-state index contributed by atoms with van der Waals surface area (Å²) in [5.41, 5.74) is 18.4. The van der Waals surface area contributed by atoms with Crippen LogP contribution in [-0.2, 0) is 13.1 Å². The van der Waals surface area contributed by atoms with Crippen LogP contribution in [0.1, 0.15) is 42.4 Å². The Hall–Kier alpha value is -3.09. The normalized spacial score (nSPS) is 19.5. The average molecular weight is 476 g/mol. The first-order valence-corrected chi connectivity index (χ1v) is 12.3. The minimum Gasteiger partial charge on any atom is -0.384 e. The zero-order valence-electron chi connectivity index (χ0n) is 19.1. The summed E-state index contributed by atoms with van der Waals surface area (Å²) in [7, 11) is 0. The van der Waals surface area contributed by atoms with Crippen molar-refractivity contribution in [1.29, 1.82) is 0 Å². The molecule has 1 aromatic heterocycles. The maximum atomic E-state index is 12.6. The molecule has 1 fully saturated rings. The summed E-state index contributed by atoms with van der Waals surface area (Å²) >= 11 is 6.13. The van der Waals surface area contributed by atoms with E-state index in [9.17, 15) is 4.79 Å². The van der Waals surface area contributed by atoms with Crippen molar-refractivity contribution in [3.05, 3.63) is 86.8 Å². The van der Waals surface area contributed by atoms with E-state index in [1.807, 2.05) is 36.5 Å². The average Bonchev–Trinajstić information content (AvgIpc) is 3.21. The Kier molecular flexibility index (Phi) is 6.44. The van der Waals surface area contributed by atoms with Crippen LogP contribution >= 0.6 is 11.6 Å². The van der Waals surface area contributed by atoms with Crippen molar-refractivity contribution in [3.63, 3.8) is 0 Å². The Balaban J connectivity index is 1.44. The van der Waals surface area contributed by atoms with Crippen molar-refractivity contribution in [3.8, 4) is 11.1 Å². The molecule has 0 saturated heterocycles. The highest BCUT2D eigenvalue weighted by molar-refractivity contribution is 6.30. The van der Waals surface area contributed by atoms with Gasteiger partial charge in [-0.15, -0.1) is 0 Å². The second-order valence-electron chi connectivity index (χ2n) is 9.43. The molecule has 1 saturated carbocycles. The summed E-state index contributed by atoms with van der Waals surface area (Å²) in [6.07, 6.45) is 6.38. The Morgan fingerprint density at radius 3 is 2.68 bits per heavy atom. The fraction of sp³-hybridized carbons (Fsp3) is 0.333. The number of benzene rings is 2. The highest BCUT2D eigenvalue weighted by Gasteiger charge is 2.22. The molecule has 176 valence electrons. The number of hydrogen-bond acceptors (Lipinski definition) is 5. The van der Waals surface area contributed by atoms with Crippen molar-refractivity contribution < 1.29 is 0 Å². The van der Waals surface area contributed by atoms with Crippen LogP contribution in [0.3, 0.4) is 0 Å². The molecular formula is C27H30ClN5O. The smallest absolute Gasteiger partial charge is 0.250 e. The zero-order chi connectivity index (χ0) is 23.7. The Bertz CT molecular complexity index is 1290. The second kappa shape index (κ2) is 9.65. The lowest BCUT2D eigenvalue weighted by Gasteiger charge is -2.27. The van der Waals surface area contributed by atoms with Gasteiger partial charge in [-0.25, -0.2) is 0 Å². The summed E-state index contributed by atoms with van der Waals surface area (Å²) < 4.78 is 1.72. The molecule has 5 N–H and O–H groups in total. The molecule has 6 nitrogen and oxygen atoms in total. The van der Waals surface area contributed by atoms with E-state index in [4.69, 9.17) is 23.1 Å². The third kappa shape index (κ3) is 4.88. The minimum atomic E-state index is -0.0497. The highest BCUT2D eigenvalue weighted by Crippen LogP contribution is 2.33. The predicted octanol–water partition coefficient (Wildman–Crippen LogP) is 4.37. The highest BCUT2D eigenvalue weighted by atomic mass is 35.5. The molecule has 0 unspecified atom stereocenters. The van der Waals surface area contributed by atoms with E-state index in [1.54, 1.807) is 10.6 Å². The molecule has 34 heavy (non-hydrogen) atoms. The lowest BCUT2D eigenvalue weighted by molar-refractivity contribution is 0.339. The monoisotopic (exact) mass is 475 g/mol. The van der Waals surface area contributed by atoms with Crippen molar-refractivity contribution in [2.75, 3.05) is 11.9 Å². The molecule has 0 atom stereocenters. The first-order chi connectivity index (χ1) is 16.5. The van der Waals surface area contributed by atoms with Crippen molar-refractivity contribution in [2.45, 2.75) is 44.8 Å². The number of hydrogen-bond donors (Lipinski definition) is 3. The van der Waals surface area contributed by atoms with Gasteiger partial charge in [0.15, 0.2) is 0 Å². The number of nitrogens with one attached hydrogen (secondary N) is 1. The molecule has 7 heteroatoms. The number of amidine groups is 1. The zero-order valence-corrected chi connectivity index (χ0v) is 19.9. The van der Waals surface area contributed by atoms with Gasteiger partial charge in [0, 0.05) is 41.1 Å². The number of rotatable bonds is 6. The lowest BCUT2D eigenvalue weighted by atomic mass is 9.86. The predicted molar refractivity (Wildman–Crippen MR) is 140 cm³/mol. The molecule has 1 aliphatic heterocycles. The van der Waals surface area contributed by atoms with Crippen LogP contribution < -0.4 is 22.3 Å². The summed E-state index contributed by atoms with van der Waals surface area (Å²) in [4.78, 5) is 17.0. The van der Waals surface area contributed by atoms with Crippen molar-refractivity contribution in [2.24, 2.45) is 22.4 Å². The second-order valence-corrected chi connectivity index (χ2v) is 9.87. The van der Waals surface area contributed by atoms with Crippen LogP contribution in [0.4, 0.5) is 5.69 Å². The SMILES string of the molecule is NC1=NCc2cc(-c3ccc(=O)n(Cc4cccc(Cl)c4)c3)cc(NCC3CCC(N)CC3)c21. The van der Waals surface area contributed by atoms with E-state index in [0.717, 1.165) is 65.7 Å². The number of anilines is 1. The fourth-order valence-electron chi connectivity index (χ4n) is 4.99. The fourth-order valence-corrected chi connectivity index (χ4v) is 5.20. The lowest BCUT2D eigenvalue weighted by Crippen LogP contribution is -2.29. The number of pyridine rings is 1. The maximum Gasteiger partial charge on any atom is 0.250 e. The molecule has 2 heterocycles. The molecule has 2 aromatic carbocycles. The molecule has 0 amide bonds. The van der Waals surface area contributed by atoms with Gasteiger partial charge in [-0.05, 0) is 84.2 Å².